The van der Waals surface area contributed by atoms with Crippen molar-refractivity contribution < 1.29 is 8.42 Å². The van der Waals surface area contributed by atoms with E-state index in [-0.39, 0.29) is 24.0 Å². The Hall–Kier alpha value is -0.870. The Balaban J connectivity index is 0.00000676. The highest BCUT2D eigenvalue weighted by atomic mass is 127. The quantitative estimate of drug-likeness (QED) is 0.231. The second-order valence-corrected chi connectivity index (χ2v) is 8.99. The van der Waals surface area contributed by atoms with Crippen LogP contribution in [0.4, 0.5) is 0 Å². The van der Waals surface area contributed by atoms with Gasteiger partial charge in [0.2, 0.25) is 0 Å². The average Bonchev–Trinajstić information content (AvgIpc) is 2.55. The normalized spacial score (nSPS) is 12.2. The van der Waals surface area contributed by atoms with Gasteiger partial charge in [0, 0.05) is 32.4 Å². The number of rotatable bonds is 9. The van der Waals surface area contributed by atoms with E-state index in [1.54, 1.807) is 13.1 Å². The van der Waals surface area contributed by atoms with Gasteiger partial charge in [0.05, 0.1) is 4.90 Å². The number of halogens is 1. The van der Waals surface area contributed by atoms with E-state index in [4.69, 9.17) is 0 Å². The number of sulfone groups is 1. The van der Waals surface area contributed by atoms with Crippen LogP contribution in [0.25, 0.3) is 0 Å². The highest BCUT2D eigenvalue weighted by Gasteiger charge is 2.11. The van der Waals surface area contributed by atoms with Gasteiger partial charge in [-0.15, -0.1) is 24.0 Å². The Morgan fingerprint density at radius 1 is 1.22 bits per heavy atom. The molecule has 1 aromatic rings. The van der Waals surface area contributed by atoms with Gasteiger partial charge >= 0.3 is 0 Å². The zero-order valence-corrected chi connectivity index (χ0v) is 20.5. The minimum Gasteiger partial charge on any atom is -0.356 e. The van der Waals surface area contributed by atoms with Crippen molar-refractivity contribution in [3.63, 3.8) is 0 Å². The number of hydrogen-bond donors (Lipinski definition) is 2. The zero-order valence-electron chi connectivity index (χ0n) is 17.4. The van der Waals surface area contributed by atoms with Crippen molar-refractivity contribution in [2.24, 2.45) is 4.99 Å². The van der Waals surface area contributed by atoms with Gasteiger partial charge in [0.25, 0.3) is 0 Å². The van der Waals surface area contributed by atoms with Gasteiger partial charge in [-0.25, -0.2) is 8.42 Å². The third-order valence-electron chi connectivity index (χ3n) is 4.43. The van der Waals surface area contributed by atoms with E-state index >= 15 is 0 Å². The Bertz CT molecular complexity index is 706. The smallest absolute Gasteiger partial charge is 0.191 e. The zero-order chi connectivity index (χ0) is 19.7. The molecule has 2 N–H and O–H groups in total. The van der Waals surface area contributed by atoms with E-state index in [1.807, 2.05) is 19.1 Å². The van der Waals surface area contributed by atoms with Crippen LogP contribution in [0.5, 0.6) is 0 Å². The van der Waals surface area contributed by atoms with Gasteiger partial charge in [-0.1, -0.05) is 12.1 Å². The van der Waals surface area contributed by atoms with Crippen molar-refractivity contribution in [3.05, 3.63) is 29.3 Å². The van der Waals surface area contributed by atoms with Crippen molar-refractivity contribution >= 4 is 39.8 Å². The monoisotopic (exact) mass is 510 g/mol. The Morgan fingerprint density at radius 3 is 2.41 bits per heavy atom. The minimum absolute atomic E-state index is 0. The summed E-state index contributed by atoms with van der Waals surface area (Å²) in [5, 5.41) is 6.59. The number of aliphatic imine (C=N–C) groups is 1. The van der Waals surface area contributed by atoms with Crippen LogP contribution in [-0.4, -0.2) is 58.8 Å². The van der Waals surface area contributed by atoms with Crippen LogP contribution in [0.3, 0.4) is 0 Å². The summed E-state index contributed by atoms with van der Waals surface area (Å²) < 4.78 is 23.4. The minimum atomic E-state index is -3.18. The lowest BCUT2D eigenvalue weighted by molar-refractivity contribution is 0.268. The second kappa shape index (κ2) is 12.6. The lowest BCUT2D eigenvalue weighted by Crippen LogP contribution is -2.37. The summed E-state index contributed by atoms with van der Waals surface area (Å²) in [6.45, 7) is 8.79. The first-order valence-electron chi connectivity index (χ1n) is 9.09. The van der Waals surface area contributed by atoms with Crippen LogP contribution < -0.4 is 10.6 Å². The molecular weight excluding hydrogens is 475 g/mol. The van der Waals surface area contributed by atoms with Crippen LogP contribution in [0.2, 0.25) is 0 Å². The molecule has 0 amide bonds. The largest absolute Gasteiger partial charge is 0.356 e. The number of hydrogen-bond acceptors (Lipinski definition) is 4. The molecule has 1 aromatic carbocycles. The molecule has 8 heteroatoms. The fourth-order valence-corrected chi connectivity index (χ4v) is 3.55. The molecule has 0 atom stereocenters. The van der Waals surface area contributed by atoms with Crippen molar-refractivity contribution in [1.82, 2.24) is 15.5 Å². The molecular formula is C19H35IN4O2S. The molecule has 0 aromatic heterocycles. The molecule has 6 nitrogen and oxygen atoms in total. The Kier molecular flexibility index (Phi) is 12.2. The van der Waals surface area contributed by atoms with Crippen molar-refractivity contribution in [1.29, 1.82) is 0 Å². The van der Waals surface area contributed by atoms with Crippen molar-refractivity contribution in [2.75, 3.05) is 33.4 Å². The first-order valence-corrected chi connectivity index (χ1v) is 11.0. The summed E-state index contributed by atoms with van der Waals surface area (Å²) in [6, 6.07) is 5.99. The Labute approximate surface area is 182 Å². The second-order valence-electron chi connectivity index (χ2n) is 7.01. The average molecular weight is 510 g/mol. The summed E-state index contributed by atoms with van der Waals surface area (Å²) >= 11 is 0. The van der Waals surface area contributed by atoms with Crippen LogP contribution in [-0.2, 0) is 16.4 Å². The van der Waals surface area contributed by atoms with Gasteiger partial charge in [-0.05, 0) is 64.4 Å². The van der Waals surface area contributed by atoms with E-state index in [9.17, 15) is 8.42 Å². The molecule has 0 aliphatic rings. The number of unbranched alkanes of at least 4 members (excludes halogenated alkanes) is 1. The lowest BCUT2D eigenvalue weighted by Gasteiger charge is -2.20. The van der Waals surface area contributed by atoms with E-state index in [0.29, 0.717) is 17.5 Å². The van der Waals surface area contributed by atoms with Gasteiger partial charge < -0.3 is 15.5 Å². The van der Waals surface area contributed by atoms with Gasteiger partial charge in [0.15, 0.2) is 15.8 Å². The molecule has 27 heavy (non-hydrogen) atoms. The molecule has 0 aliphatic heterocycles. The van der Waals surface area contributed by atoms with E-state index in [2.05, 4.69) is 41.4 Å². The van der Waals surface area contributed by atoms with Gasteiger partial charge in [-0.2, -0.15) is 0 Å². The molecule has 0 aliphatic carbocycles. The van der Waals surface area contributed by atoms with Gasteiger partial charge in [0.1, 0.15) is 0 Å². The predicted octanol–water partition coefficient (Wildman–Crippen LogP) is 2.80. The standard InChI is InChI=1S/C19H34N4O2S.HI/c1-15(2)23(5)12-8-7-11-21-19(20-4)22-14-17-9-10-18(16(3)13-17)26(6,24)25;/h9-10,13,15H,7-8,11-12,14H2,1-6H3,(H2,20,21,22);1H. The third kappa shape index (κ3) is 9.75. The Morgan fingerprint density at radius 2 is 1.89 bits per heavy atom. The topological polar surface area (TPSA) is 73.8 Å². The summed E-state index contributed by atoms with van der Waals surface area (Å²) in [6.07, 6.45) is 3.46. The summed E-state index contributed by atoms with van der Waals surface area (Å²) in [4.78, 5) is 6.96. The van der Waals surface area contributed by atoms with Crippen LogP contribution >= 0.6 is 24.0 Å². The lowest BCUT2D eigenvalue weighted by atomic mass is 10.1. The summed E-state index contributed by atoms with van der Waals surface area (Å²) in [7, 11) is 0.723. The summed E-state index contributed by atoms with van der Waals surface area (Å²) in [5.74, 6) is 0.757. The number of benzene rings is 1. The molecule has 0 radical (unpaired) electrons. The number of guanidine groups is 1. The third-order valence-corrected chi connectivity index (χ3v) is 5.69. The van der Waals surface area contributed by atoms with Crippen molar-refractivity contribution in [3.8, 4) is 0 Å². The predicted molar refractivity (Wildman–Crippen MR) is 125 cm³/mol. The number of aryl methyl sites for hydroxylation is 1. The molecule has 0 unspecified atom stereocenters. The molecule has 0 fully saturated rings. The van der Waals surface area contributed by atoms with E-state index in [0.717, 1.165) is 43.0 Å². The molecule has 0 bridgehead atoms. The van der Waals surface area contributed by atoms with Gasteiger partial charge in [-0.3, -0.25) is 4.99 Å². The molecule has 1 rings (SSSR count). The molecule has 0 heterocycles. The summed E-state index contributed by atoms with van der Waals surface area (Å²) in [5.41, 5.74) is 1.79. The highest BCUT2D eigenvalue weighted by Crippen LogP contribution is 2.16. The highest BCUT2D eigenvalue weighted by molar-refractivity contribution is 14.0. The molecule has 0 saturated carbocycles. The maximum absolute atomic E-state index is 11.7. The van der Waals surface area contributed by atoms with Crippen molar-refractivity contribution in [2.45, 2.75) is 51.1 Å². The SMILES string of the molecule is CN=C(NCCCCN(C)C(C)C)NCc1ccc(S(C)(=O)=O)c(C)c1.I. The number of nitrogens with one attached hydrogen (secondary N) is 2. The molecule has 0 saturated heterocycles. The van der Waals surface area contributed by atoms with Crippen LogP contribution in [0.15, 0.2) is 28.1 Å². The fraction of sp³-hybridized carbons (Fsp3) is 0.632. The van der Waals surface area contributed by atoms with E-state index in [1.165, 1.54) is 6.26 Å². The van der Waals surface area contributed by atoms with E-state index < -0.39 is 9.84 Å². The first-order chi connectivity index (χ1) is 12.1. The van der Waals surface area contributed by atoms with Crippen LogP contribution in [0.1, 0.15) is 37.8 Å². The van der Waals surface area contributed by atoms with Crippen LogP contribution in [0, 0.1) is 6.92 Å². The molecule has 156 valence electrons. The maximum Gasteiger partial charge on any atom is 0.191 e. The first kappa shape index (κ1) is 26.1. The molecule has 0 spiro atoms. The number of nitrogens with zero attached hydrogens (tertiary/aromatic N) is 2. The maximum atomic E-state index is 11.7. The fourth-order valence-electron chi connectivity index (χ4n) is 2.60.